The van der Waals surface area contributed by atoms with Crippen LogP contribution in [0.15, 0.2) is 4.34 Å². The Bertz CT molecular complexity index is 435. The molecule has 1 aromatic heterocycles. The Kier molecular flexibility index (Phi) is 6.57. The van der Waals surface area contributed by atoms with Crippen LogP contribution in [-0.4, -0.2) is 40.5 Å². The standard InChI is InChI=1S/C10H17N5O2S2/c1-4-11-8(17)13-7(16)5-18-10-15-14-9(19-10)12-6(2)3/h6H,4-5H2,1-3H3,(H,12,14)(H2,11,13,16,17). The third kappa shape index (κ3) is 6.39. The third-order valence-corrected chi connectivity index (χ3v) is 3.72. The molecule has 0 spiro atoms. The number of carbonyl (C=O) groups excluding carboxylic acids is 2. The van der Waals surface area contributed by atoms with Crippen LogP contribution in [0.2, 0.25) is 0 Å². The molecule has 1 aromatic rings. The van der Waals surface area contributed by atoms with E-state index in [1.807, 2.05) is 13.8 Å². The minimum absolute atomic E-state index is 0.132. The third-order valence-electron chi connectivity index (χ3n) is 1.74. The van der Waals surface area contributed by atoms with E-state index in [1.165, 1.54) is 23.1 Å². The Morgan fingerprint density at radius 2 is 2.11 bits per heavy atom. The Morgan fingerprint density at radius 1 is 1.37 bits per heavy atom. The zero-order chi connectivity index (χ0) is 14.3. The fourth-order valence-electron chi connectivity index (χ4n) is 1.07. The SMILES string of the molecule is CCNC(=O)NC(=O)CSc1nnc(NC(C)C)s1. The number of rotatable bonds is 6. The number of amides is 3. The molecule has 9 heteroatoms. The van der Waals surface area contributed by atoms with Gasteiger partial charge in [0, 0.05) is 12.6 Å². The molecule has 3 amide bonds. The van der Waals surface area contributed by atoms with Crippen LogP contribution in [-0.2, 0) is 4.79 Å². The van der Waals surface area contributed by atoms with Crippen molar-refractivity contribution in [1.82, 2.24) is 20.8 Å². The second-order valence-corrected chi connectivity index (χ2v) is 6.07. The van der Waals surface area contributed by atoms with Gasteiger partial charge in [-0.3, -0.25) is 10.1 Å². The summed E-state index contributed by atoms with van der Waals surface area (Å²) >= 11 is 2.63. The number of aromatic nitrogens is 2. The molecule has 0 aromatic carbocycles. The molecule has 1 rings (SSSR count). The second-order valence-electron chi connectivity index (χ2n) is 3.87. The van der Waals surface area contributed by atoms with Crippen molar-refractivity contribution in [3.8, 4) is 0 Å². The van der Waals surface area contributed by atoms with Gasteiger partial charge >= 0.3 is 6.03 Å². The highest BCUT2D eigenvalue weighted by Gasteiger charge is 2.10. The zero-order valence-electron chi connectivity index (χ0n) is 11.0. The number of carbonyl (C=O) groups is 2. The molecule has 1 heterocycles. The van der Waals surface area contributed by atoms with Crippen LogP contribution in [0.1, 0.15) is 20.8 Å². The average Bonchev–Trinajstić information content (AvgIpc) is 2.73. The van der Waals surface area contributed by atoms with E-state index in [2.05, 4.69) is 26.1 Å². The van der Waals surface area contributed by atoms with E-state index in [4.69, 9.17) is 0 Å². The number of hydrogen-bond donors (Lipinski definition) is 3. The quantitative estimate of drug-likeness (QED) is 0.685. The minimum atomic E-state index is -0.479. The number of anilines is 1. The molecule has 0 radical (unpaired) electrons. The van der Waals surface area contributed by atoms with Gasteiger partial charge in [-0.1, -0.05) is 23.1 Å². The van der Waals surface area contributed by atoms with Crippen molar-refractivity contribution in [2.75, 3.05) is 17.6 Å². The Labute approximate surface area is 119 Å². The van der Waals surface area contributed by atoms with Gasteiger partial charge in [0.2, 0.25) is 11.0 Å². The lowest BCUT2D eigenvalue weighted by molar-refractivity contribution is -0.117. The van der Waals surface area contributed by atoms with Crippen LogP contribution in [0.25, 0.3) is 0 Å². The van der Waals surface area contributed by atoms with Gasteiger partial charge < -0.3 is 10.6 Å². The fraction of sp³-hybridized carbons (Fsp3) is 0.600. The first kappa shape index (κ1) is 15.7. The highest BCUT2D eigenvalue weighted by atomic mass is 32.2. The predicted molar refractivity (Wildman–Crippen MR) is 76.6 cm³/mol. The topological polar surface area (TPSA) is 96.0 Å². The molecule has 0 unspecified atom stereocenters. The summed E-state index contributed by atoms with van der Waals surface area (Å²) in [6.45, 7) is 6.28. The van der Waals surface area contributed by atoms with Crippen LogP contribution < -0.4 is 16.0 Å². The zero-order valence-corrected chi connectivity index (χ0v) is 12.7. The molecular weight excluding hydrogens is 286 g/mol. The minimum Gasteiger partial charge on any atom is -0.358 e. The van der Waals surface area contributed by atoms with Crippen molar-refractivity contribution in [3.05, 3.63) is 0 Å². The molecule has 0 atom stereocenters. The first-order valence-corrected chi connectivity index (χ1v) is 7.62. The summed E-state index contributed by atoms with van der Waals surface area (Å²) in [7, 11) is 0. The Hall–Kier alpha value is -1.35. The number of thioether (sulfide) groups is 1. The lowest BCUT2D eigenvalue weighted by Crippen LogP contribution is -2.40. The predicted octanol–water partition coefficient (Wildman–Crippen LogP) is 1.30. The van der Waals surface area contributed by atoms with Gasteiger partial charge in [-0.05, 0) is 20.8 Å². The molecule has 0 fully saturated rings. The summed E-state index contributed by atoms with van der Waals surface area (Å²) < 4.78 is 0.689. The van der Waals surface area contributed by atoms with E-state index in [0.717, 1.165) is 5.13 Å². The molecule has 0 bridgehead atoms. The van der Waals surface area contributed by atoms with E-state index in [0.29, 0.717) is 10.9 Å². The van der Waals surface area contributed by atoms with Gasteiger partial charge in [0.1, 0.15) is 0 Å². The molecule has 0 saturated heterocycles. The summed E-state index contributed by atoms with van der Waals surface area (Å²) in [5.41, 5.74) is 0. The Morgan fingerprint density at radius 3 is 2.74 bits per heavy atom. The second kappa shape index (κ2) is 7.95. The fourth-order valence-corrected chi connectivity index (χ4v) is 2.77. The van der Waals surface area contributed by atoms with Gasteiger partial charge in [0.05, 0.1) is 5.75 Å². The lowest BCUT2D eigenvalue weighted by atomic mass is 10.4. The highest BCUT2D eigenvalue weighted by Crippen LogP contribution is 2.25. The summed E-state index contributed by atoms with van der Waals surface area (Å²) in [4.78, 5) is 22.5. The van der Waals surface area contributed by atoms with E-state index < -0.39 is 6.03 Å². The molecule has 7 nitrogen and oxygen atoms in total. The molecule has 106 valence electrons. The summed E-state index contributed by atoms with van der Waals surface area (Å²) in [5, 5.41) is 16.5. The maximum absolute atomic E-state index is 11.4. The molecule has 0 aliphatic heterocycles. The van der Waals surface area contributed by atoms with Crippen LogP contribution >= 0.6 is 23.1 Å². The van der Waals surface area contributed by atoms with Crippen LogP contribution in [0.5, 0.6) is 0 Å². The molecule has 3 N–H and O–H groups in total. The normalized spacial score (nSPS) is 10.3. The van der Waals surface area contributed by atoms with Gasteiger partial charge in [-0.15, -0.1) is 10.2 Å². The van der Waals surface area contributed by atoms with E-state index >= 15 is 0 Å². The van der Waals surface area contributed by atoms with Gasteiger partial charge in [0.15, 0.2) is 4.34 Å². The molecule has 0 aliphatic carbocycles. The monoisotopic (exact) mass is 303 g/mol. The first-order valence-electron chi connectivity index (χ1n) is 5.81. The van der Waals surface area contributed by atoms with Crippen molar-refractivity contribution < 1.29 is 9.59 Å². The summed E-state index contributed by atoms with van der Waals surface area (Å²) in [6.07, 6.45) is 0. The van der Waals surface area contributed by atoms with Crippen LogP contribution in [0.3, 0.4) is 0 Å². The van der Waals surface area contributed by atoms with Crippen LogP contribution in [0, 0.1) is 0 Å². The van der Waals surface area contributed by atoms with E-state index in [-0.39, 0.29) is 17.7 Å². The highest BCUT2D eigenvalue weighted by molar-refractivity contribution is 8.01. The average molecular weight is 303 g/mol. The first-order chi connectivity index (χ1) is 9.01. The Balaban J connectivity index is 2.33. The smallest absolute Gasteiger partial charge is 0.321 e. The summed E-state index contributed by atoms with van der Waals surface area (Å²) in [6, 6.07) is -0.195. The molecular formula is C10H17N5O2S2. The number of imide groups is 1. The molecule has 0 aliphatic rings. The van der Waals surface area contributed by atoms with E-state index in [9.17, 15) is 9.59 Å². The number of hydrogen-bond acceptors (Lipinski definition) is 7. The largest absolute Gasteiger partial charge is 0.358 e. The van der Waals surface area contributed by atoms with Crippen molar-refractivity contribution in [2.45, 2.75) is 31.2 Å². The van der Waals surface area contributed by atoms with Crippen LogP contribution in [0.4, 0.5) is 9.93 Å². The maximum Gasteiger partial charge on any atom is 0.321 e. The molecule has 19 heavy (non-hydrogen) atoms. The van der Waals surface area contributed by atoms with Gasteiger partial charge in [-0.25, -0.2) is 4.79 Å². The van der Waals surface area contributed by atoms with Crippen molar-refractivity contribution in [1.29, 1.82) is 0 Å². The summed E-state index contributed by atoms with van der Waals surface area (Å²) in [5.74, 6) is -0.225. The molecule has 0 saturated carbocycles. The van der Waals surface area contributed by atoms with Crippen molar-refractivity contribution in [3.63, 3.8) is 0 Å². The number of urea groups is 1. The van der Waals surface area contributed by atoms with E-state index in [1.54, 1.807) is 6.92 Å². The maximum atomic E-state index is 11.4. The van der Waals surface area contributed by atoms with Crippen molar-refractivity contribution in [2.24, 2.45) is 0 Å². The number of nitrogens with zero attached hydrogens (tertiary/aromatic N) is 2. The van der Waals surface area contributed by atoms with Gasteiger partial charge in [0.25, 0.3) is 0 Å². The van der Waals surface area contributed by atoms with Crippen molar-refractivity contribution >= 4 is 40.2 Å². The van der Waals surface area contributed by atoms with Gasteiger partial charge in [-0.2, -0.15) is 0 Å². The lowest BCUT2D eigenvalue weighted by Gasteiger charge is -2.03. The number of nitrogens with one attached hydrogen (secondary N) is 3.